The smallest absolute Gasteiger partial charge is 0.244 e. The lowest BCUT2D eigenvalue weighted by molar-refractivity contribution is -0.141. The van der Waals surface area contributed by atoms with Crippen LogP contribution in [0, 0.1) is 19.8 Å². The number of nitrogens with zero attached hydrogens (tertiary/aromatic N) is 2. The first-order valence-electron chi connectivity index (χ1n) is 10.9. The number of nitrogens with one attached hydrogen (secondary N) is 1. The van der Waals surface area contributed by atoms with Gasteiger partial charge in [0.2, 0.25) is 21.8 Å². The van der Waals surface area contributed by atoms with Gasteiger partial charge in [0.15, 0.2) is 0 Å². The molecule has 9 heteroatoms. The van der Waals surface area contributed by atoms with Gasteiger partial charge in [-0.3, -0.25) is 9.59 Å². The lowest BCUT2D eigenvalue weighted by Crippen LogP contribution is -2.48. The Kier molecular flexibility index (Phi) is 7.72. The van der Waals surface area contributed by atoms with Gasteiger partial charge in [0.05, 0.1) is 18.9 Å². The van der Waals surface area contributed by atoms with Crippen molar-refractivity contribution in [1.82, 2.24) is 9.21 Å². The number of hydrogen-bond acceptors (Lipinski definition) is 5. The fourth-order valence-electron chi connectivity index (χ4n) is 4.21. The molecule has 0 bridgehead atoms. The molecule has 1 N–H and O–H groups in total. The predicted molar refractivity (Wildman–Crippen MR) is 119 cm³/mol. The minimum Gasteiger partial charge on any atom is -0.376 e. The van der Waals surface area contributed by atoms with E-state index in [1.165, 1.54) is 10.6 Å². The van der Waals surface area contributed by atoms with Crippen molar-refractivity contribution < 1.29 is 22.7 Å². The zero-order valence-electron chi connectivity index (χ0n) is 18.6. The van der Waals surface area contributed by atoms with Crippen molar-refractivity contribution in [2.45, 2.75) is 45.6 Å². The molecule has 2 aliphatic heterocycles. The first-order valence-corrected chi connectivity index (χ1v) is 12.7. The highest BCUT2D eigenvalue weighted by molar-refractivity contribution is 7.88. The van der Waals surface area contributed by atoms with Gasteiger partial charge in [0.25, 0.3) is 0 Å². The lowest BCUT2D eigenvalue weighted by Gasteiger charge is -2.33. The van der Waals surface area contributed by atoms with Gasteiger partial charge in [-0.15, -0.1) is 0 Å². The maximum atomic E-state index is 13.3. The summed E-state index contributed by atoms with van der Waals surface area (Å²) >= 11 is 0. The molecule has 1 atom stereocenters. The summed E-state index contributed by atoms with van der Waals surface area (Å²) in [6.07, 6.45) is 3.88. The third-order valence-corrected chi connectivity index (χ3v) is 7.55. The SMILES string of the molecule is Cc1cccc(NC(=O)CN(CC2CCCO2)C(=O)C2CCN(S(C)(=O)=O)CC2)c1C. The van der Waals surface area contributed by atoms with E-state index in [0.29, 0.717) is 39.1 Å². The number of sulfonamides is 1. The fraction of sp³-hybridized carbons (Fsp3) is 0.636. The molecule has 1 unspecified atom stereocenters. The maximum absolute atomic E-state index is 13.3. The molecule has 2 aliphatic rings. The molecule has 1 aromatic rings. The molecule has 2 heterocycles. The highest BCUT2D eigenvalue weighted by Gasteiger charge is 2.33. The van der Waals surface area contributed by atoms with Gasteiger partial charge >= 0.3 is 0 Å². The first-order chi connectivity index (χ1) is 14.6. The van der Waals surface area contributed by atoms with Crippen LogP contribution in [0.1, 0.15) is 36.8 Å². The second-order valence-electron chi connectivity index (χ2n) is 8.59. The van der Waals surface area contributed by atoms with Crippen LogP contribution >= 0.6 is 0 Å². The summed E-state index contributed by atoms with van der Waals surface area (Å²) in [4.78, 5) is 27.7. The third-order valence-electron chi connectivity index (χ3n) is 6.25. The average molecular weight is 452 g/mol. The van der Waals surface area contributed by atoms with E-state index in [4.69, 9.17) is 4.74 Å². The highest BCUT2D eigenvalue weighted by Crippen LogP contribution is 2.23. The average Bonchev–Trinajstić information content (AvgIpc) is 3.23. The van der Waals surface area contributed by atoms with Crippen LogP contribution in [0.5, 0.6) is 0 Å². The lowest BCUT2D eigenvalue weighted by atomic mass is 9.96. The summed E-state index contributed by atoms with van der Waals surface area (Å²) in [5.74, 6) is -0.624. The van der Waals surface area contributed by atoms with Crippen LogP contribution in [-0.2, 0) is 24.3 Å². The van der Waals surface area contributed by atoms with Gasteiger partial charge in [-0.2, -0.15) is 0 Å². The fourth-order valence-corrected chi connectivity index (χ4v) is 5.08. The predicted octanol–water partition coefficient (Wildman–Crippen LogP) is 1.92. The van der Waals surface area contributed by atoms with Crippen LogP contribution in [0.2, 0.25) is 0 Å². The Morgan fingerprint density at radius 3 is 2.52 bits per heavy atom. The molecule has 3 rings (SSSR count). The number of carbonyl (C=O) groups excluding carboxylic acids is 2. The van der Waals surface area contributed by atoms with Crippen molar-refractivity contribution in [2.24, 2.45) is 5.92 Å². The molecule has 0 aromatic heterocycles. The Morgan fingerprint density at radius 1 is 1.19 bits per heavy atom. The number of amides is 2. The van der Waals surface area contributed by atoms with Crippen molar-refractivity contribution >= 4 is 27.5 Å². The molecule has 8 nitrogen and oxygen atoms in total. The minimum absolute atomic E-state index is 0.0433. The summed E-state index contributed by atoms with van der Waals surface area (Å²) in [7, 11) is -3.25. The van der Waals surface area contributed by atoms with Gasteiger partial charge in [0.1, 0.15) is 0 Å². The zero-order chi connectivity index (χ0) is 22.6. The molecule has 172 valence electrons. The summed E-state index contributed by atoms with van der Waals surface area (Å²) < 4.78 is 30.6. The molecule has 2 saturated heterocycles. The largest absolute Gasteiger partial charge is 0.376 e. The second-order valence-corrected chi connectivity index (χ2v) is 10.6. The van der Waals surface area contributed by atoms with Crippen LogP contribution in [0.15, 0.2) is 18.2 Å². The van der Waals surface area contributed by atoms with Gasteiger partial charge < -0.3 is 15.0 Å². The van der Waals surface area contributed by atoms with E-state index >= 15 is 0 Å². The normalized spacial score (nSPS) is 20.5. The summed E-state index contributed by atoms with van der Waals surface area (Å²) in [5.41, 5.74) is 2.83. The molecule has 2 amide bonds. The van der Waals surface area contributed by atoms with Crippen LogP contribution in [0.25, 0.3) is 0 Å². The van der Waals surface area contributed by atoms with E-state index in [0.717, 1.165) is 29.7 Å². The van der Waals surface area contributed by atoms with Gasteiger partial charge in [0, 0.05) is 37.8 Å². The van der Waals surface area contributed by atoms with Crippen molar-refractivity contribution in [1.29, 1.82) is 0 Å². The van der Waals surface area contributed by atoms with Crippen molar-refractivity contribution in [3.63, 3.8) is 0 Å². The Labute approximate surface area is 185 Å². The Hall–Kier alpha value is -1.97. The van der Waals surface area contributed by atoms with Crippen molar-refractivity contribution in [2.75, 3.05) is 44.4 Å². The number of piperidine rings is 1. The Bertz CT molecular complexity index is 904. The molecule has 31 heavy (non-hydrogen) atoms. The van der Waals surface area contributed by atoms with E-state index in [1.54, 1.807) is 4.90 Å². The van der Waals surface area contributed by atoms with E-state index in [-0.39, 0.29) is 30.4 Å². The molecule has 0 saturated carbocycles. The maximum Gasteiger partial charge on any atom is 0.244 e. The molecule has 0 aliphatic carbocycles. The number of aryl methyl sites for hydroxylation is 1. The summed E-state index contributed by atoms with van der Waals surface area (Å²) in [5, 5.41) is 2.93. The van der Waals surface area contributed by atoms with Crippen LogP contribution in [0.4, 0.5) is 5.69 Å². The molecular weight excluding hydrogens is 418 g/mol. The van der Waals surface area contributed by atoms with E-state index in [1.807, 2.05) is 32.0 Å². The van der Waals surface area contributed by atoms with Gasteiger partial charge in [-0.25, -0.2) is 12.7 Å². The van der Waals surface area contributed by atoms with Crippen LogP contribution in [0.3, 0.4) is 0 Å². The van der Waals surface area contributed by atoms with E-state index < -0.39 is 10.0 Å². The highest BCUT2D eigenvalue weighted by atomic mass is 32.2. The summed E-state index contributed by atoms with van der Waals surface area (Å²) in [6, 6.07) is 5.73. The number of anilines is 1. The van der Waals surface area contributed by atoms with Crippen LogP contribution in [-0.4, -0.2) is 74.6 Å². The van der Waals surface area contributed by atoms with Crippen molar-refractivity contribution in [3.05, 3.63) is 29.3 Å². The molecule has 1 aromatic carbocycles. The van der Waals surface area contributed by atoms with Gasteiger partial charge in [-0.1, -0.05) is 12.1 Å². The Morgan fingerprint density at radius 2 is 1.90 bits per heavy atom. The van der Waals surface area contributed by atoms with Crippen LogP contribution < -0.4 is 5.32 Å². The Balaban J connectivity index is 1.66. The zero-order valence-corrected chi connectivity index (χ0v) is 19.4. The number of hydrogen-bond donors (Lipinski definition) is 1. The topological polar surface area (TPSA) is 96.0 Å². The third kappa shape index (κ3) is 6.27. The molecular formula is C22H33N3O5S. The van der Waals surface area contributed by atoms with Gasteiger partial charge in [-0.05, 0) is 56.7 Å². The van der Waals surface area contributed by atoms with E-state index in [9.17, 15) is 18.0 Å². The molecule has 0 radical (unpaired) electrons. The molecule has 2 fully saturated rings. The van der Waals surface area contributed by atoms with E-state index in [2.05, 4.69) is 5.32 Å². The summed E-state index contributed by atoms with van der Waals surface area (Å²) in [6.45, 7) is 5.62. The number of benzene rings is 1. The second kappa shape index (κ2) is 10.1. The number of carbonyl (C=O) groups is 2. The quantitative estimate of drug-likeness (QED) is 0.683. The number of rotatable bonds is 7. The standard InChI is InChI=1S/C22H33N3O5S/c1-16-6-4-8-20(17(16)2)23-21(26)15-24(14-19-7-5-13-30-19)22(27)18-9-11-25(12-10-18)31(3,28)29/h4,6,8,18-19H,5,7,9-15H2,1-3H3,(H,23,26). The monoisotopic (exact) mass is 451 g/mol. The van der Waals surface area contributed by atoms with Crippen molar-refractivity contribution in [3.8, 4) is 0 Å². The first kappa shape index (κ1) is 23.7. The minimum atomic E-state index is -3.25. The number of ether oxygens (including phenoxy) is 1. The molecule has 0 spiro atoms.